The maximum atomic E-state index is 13.3. The Morgan fingerprint density at radius 3 is 2.45 bits per heavy atom. The van der Waals surface area contributed by atoms with Crippen LogP contribution in [0.2, 0.25) is 0 Å². The van der Waals surface area contributed by atoms with E-state index in [0.717, 1.165) is 55.4 Å². The Morgan fingerprint density at radius 2 is 1.82 bits per heavy atom. The van der Waals surface area contributed by atoms with E-state index in [9.17, 15) is 14.4 Å². The van der Waals surface area contributed by atoms with Crippen LogP contribution in [0.4, 0.5) is 0 Å². The summed E-state index contributed by atoms with van der Waals surface area (Å²) in [7, 11) is 1.63. The second-order valence-corrected chi connectivity index (χ2v) is 12.0. The predicted octanol–water partition coefficient (Wildman–Crippen LogP) is 2.96. The quantitative estimate of drug-likeness (QED) is 0.303. The summed E-state index contributed by atoms with van der Waals surface area (Å²) in [5.41, 5.74) is 1.06. The molecule has 3 N–H and O–H groups in total. The van der Waals surface area contributed by atoms with E-state index >= 15 is 0 Å². The summed E-state index contributed by atoms with van der Waals surface area (Å²) in [5.74, 6) is 0.917. The Morgan fingerprint density at radius 1 is 1.10 bits per heavy atom. The minimum atomic E-state index is -0.709. The van der Waals surface area contributed by atoms with Gasteiger partial charge in [0.05, 0.1) is 25.8 Å². The molecular formula is C31H43N3O6. The highest BCUT2D eigenvalue weighted by molar-refractivity contribution is 5.97. The predicted molar refractivity (Wildman–Crippen MR) is 150 cm³/mol. The maximum Gasteiger partial charge on any atom is 0.247 e. The first kappa shape index (κ1) is 28.8. The van der Waals surface area contributed by atoms with E-state index in [1.54, 1.807) is 14.0 Å². The number of methoxy groups -OCH3 is 1. The highest BCUT2D eigenvalue weighted by Crippen LogP contribution is 2.35. The summed E-state index contributed by atoms with van der Waals surface area (Å²) >= 11 is 0. The number of allylic oxidation sites excluding steroid dienone is 1. The van der Waals surface area contributed by atoms with Gasteiger partial charge in [-0.3, -0.25) is 19.7 Å². The lowest BCUT2D eigenvalue weighted by Crippen LogP contribution is -2.52. The van der Waals surface area contributed by atoms with E-state index in [0.29, 0.717) is 18.9 Å². The number of nitrogens with one attached hydrogen (secondary N) is 3. The molecule has 9 nitrogen and oxygen atoms in total. The van der Waals surface area contributed by atoms with E-state index in [2.05, 4.69) is 16.0 Å². The van der Waals surface area contributed by atoms with Crippen molar-refractivity contribution in [3.8, 4) is 5.75 Å². The molecule has 2 aliphatic heterocycles. The number of hydrogen-bond donors (Lipinski definition) is 3. The van der Waals surface area contributed by atoms with Gasteiger partial charge in [-0.1, -0.05) is 43.9 Å². The Bertz CT molecular complexity index is 1110. The number of amides is 2. The molecule has 2 aliphatic carbocycles. The largest absolute Gasteiger partial charge is 0.497 e. The van der Waals surface area contributed by atoms with Gasteiger partial charge in [-0.05, 0) is 69.6 Å². The number of carbonyl (C=O) groups excluding carboxylic acids is 3. The second kappa shape index (κ2) is 12.4. The highest BCUT2D eigenvalue weighted by Gasteiger charge is 2.53. The molecule has 0 aromatic heterocycles. The summed E-state index contributed by atoms with van der Waals surface area (Å²) in [6, 6.07) is 6.34. The Kier molecular flexibility index (Phi) is 8.92. The number of rotatable bonds is 14. The molecule has 218 valence electrons. The molecule has 6 atom stereocenters. The van der Waals surface area contributed by atoms with E-state index in [1.165, 1.54) is 12.8 Å². The summed E-state index contributed by atoms with van der Waals surface area (Å²) < 4.78 is 16.9. The van der Waals surface area contributed by atoms with Crippen LogP contribution in [-0.4, -0.2) is 67.4 Å². The Hall–Kier alpha value is -2.75. The molecule has 1 aromatic rings. The second-order valence-electron chi connectivity index (χ2n) is 12.0. The molecule has 2 amide bonds. The lowest BCUT2D eigenvalue weighted by Gasteiger charge is -2.23. The Balaban J connectivity index is 1.25. The summed E-state index contributed by atoms with van der Waals surface area (Å²) in [5, 5.41) is 9.43. The van der Waals surface area contributed by atoms with Gasteiger partial charge in [-0.15, -0.1) is 0 Å². The van der Waals surface area contributed by atoms with Crippen molar-refractivity contribution in [2.75, 3.05) is 13.7 Å². The third-order valence-corrected chi connectivity index (χ3v) is 8.76. The van der Waals surface area contributed by atoms with Crippen LogP contribution in [0.5, 0.6) is 5.75 Å². The zero-order chi connectivity index (χ0) is 28.3. The lowest BCUT2D eigenvalue weighted by molar-refractivity contribution is -0.127. The van der Waals surface area contributed by atoms with Gasteiger partial charge in [0.2, 0.25) is 11.8 Å². The van der Waals surface area contributed by atoms with E-state index in [1.807, 2.05) is 37.3 Å². The van der Waals surface area contributed by atoms with Gasteiger partial charge >= 0.3 is 0 Å². The zero-order valence-corrected chi connectivity index (χ0v) is 23.9. The molecule has 2 heterocycles. The van der Waals surface area contributed by atoms with Crippen LogP contribution >= 0.6 is 0 Å². The lowest BCUT2D eigenvalue weighted by atomic mass is 9.91. The molecule has 5 rings (SSSR count). The average Bonchev–Trinajstić information content (AvgIpc) is 3.71. The number of hydrogen-bond acceptors (Lipinski definition) is 7. The van der Waals surface area contributed by atoms with Crippen LogP contribution in [0, 0.1) is 5.92 Å². The van der Waals surface area contributed by atoms with Gasteiger partial charge < -0.3 is 24.8 Å². The smallest absolute Gasteiger partial charge is 0.247 e. The molecule has 0 spiro atoms. The van der Waals surface area contributed by atoms with Crippen LogP contribution < -0.4 is 20.7 Å². The normalized spacial score (nSPS) is 27.8. The maximum absolute atomic E-state index is 13.3. The van der Waals surface area contributed by atoms with Gasteiger partial charge in [-0.25, -0.2) is 0 Å². The standard InChI is InChI=1S/C31H43N3O6/c1-19(32-29(37)22-10-6-7-11-22)28(36)33-24(16-21-12-14-23(38-3)15-13-21)26-30(40-26)34-25(17-20-8-4-5-9-20)27(35)31(2)18-39-31/h10,12-15,19-20,24-26,30,34H,4-9,11,16-18H2,1-3H3,(H,32,37)(H,33,36). The summed E-state index contributed by atoms with van der Waals surface area (Å²) in [6.45, 7) is 4.01. The first-order valence-electron chi connectivity index (χ1n) is 14.8. The van der Waals surface area contributed by atoms with Gasteiger partial charge in [0.15, 0.2) is 5.78 Å². The fraction of sp³-hybridized carbons (Fsp3) is 0.645. The van der Waals surface area contributed by atoms with Crippen molar-refractivity contribution >= 4 is 17.6 Å². The molecule has 0 radical (unpaired) electrons. The van der Waals surface area contributed by atoms with Crippen LogP contribution in [0.3, 0.4) is 0 Å². The molecule has 1 aromatic carbocycles. The molecular weight excluding hydrogens is 510 g/mol. The topological polar surface area (TPSA) is 122 Å². The first-order chi connectivity index (χ1) is 19.3. The molecule has 4 aliphatic rings. The minimum Gasteiger partial charge on any atom is -0.497 e. The minimum absolute atomic E-state index is 0.0851. The van der Waals surface area contributed by atoms with Crippen molar-refractivity contribution in [1.82, 2.24) is 16.0 Å². The number of ketones is 1. The van der Waals surface area contributed by atoms with Crippen LogP contribution in [0.1, 0.15) is 70.8 Å². The third kappa shape index (κ3) is 7.11. The van der Waals surface area contributed by atoms with Crippen molar-refractivity contribution in [1.29, 1.82) is 0 Å². The molecule has 0 bridgehead atoms. The van der Waals surface area contributed by atoms with E-state index < -0.39 is 11.6 Å². The summed E-state index contributed by atoms with van der Waals surface area (Å²) in [6.07, 6.45) is 9.92. The molecule has 6 unspecified atom stereocenters. The van der Waals surface area contributed by atoms with Crippen LogP contribution in [-0.2, 0) is 30.3 Å². The number of epoxide rings is 2. The monoisotopic (exact) mass is 553 g/mol. The molecule has 3 fully saturated rings. The van der Waals surface area contributed by atoms with Gasteiger partial charge in [0.25, 0.3) is 0 Å². The number of ether oxygens (including phenoxy) is 3. The highest BCUT2D eigenvalue weighted by atomic mass is 16.6. The van der Waals surface area contributed by atoms with Crippen molar-refractivity contribution in [3.05, 3.63) is 41.5 Å². The van der Waals surface area contributed by atoms with E-state index in [4.69, 9.17) is 14.2 Å². The van der Waals surface area contributed by atoms with Crippen molar-refractivity contribution in [2.24, 2.45) is 5.92 Å². The third-order valence-electron chi connectivity index (χ3n) is 8.76. The first-order valence-corrected chi connectivity index (χ1v) is 14.8. The van der Waals surface area contributed by atoms with E-state index in [-0.39, 0.29) is 42.0 Å². The van der Waals surface area contributed by atoms with Gasteiger partial charge in [-0.2, -0.15) is 0 Å². The Labute approximate surface area is 236 Å². The van der Waals surface area contributed by atoms with Crippen molar-refractivity contribution in [2.45, 2.75) is 108 Å². The van der Waals surface area contributed by atoms with Crippen molar-refractivity contribution < 1.29 is 28.6 Å². The summed E-state index contributed by atoms with van der Waals surface area (Å²) in [4.78, 5) is 39.1. The number of carbonyl (C=O) groups is 3. The molecule has 9 heteroatoms. The van der Waals surface area contributed by atoms with Gasteiger partial charge in [0.1, 0.15) is 29.7 Å². The number of Topliss-reactive ketones (excluding diaryl/α,β-unsaturated/α-hetero) is 1. The SMILES string of the molecule is COc1ccc(CC(NC(=O)C(C)NC(=O)C2=CCCC2)C2OC2NC(CC2CCCC2)C(=O)C2(C)CO2)cc1. The van der Waals surface area contributed by atoms with Gasteiger partial charge in [0, 0.05) is 5.57 Å². The molecule has 2 saturated heterocycles. The number of benzene rings is 1. The van der Waals surface area contributed by atoms with Crippen molar-refractivity contribution in [3.63, 3.8) is 0 Å². The molecule has 40 heavy (non-hydrogen) atoms. The fourth-order valence-corrected chi connectivity index (χ4v) is 6.02. The van der Waals surface area contributed by atoms with Crippen LogP contribution in [0.15, 0.2) is 35.9 Å². The fourth-order valence-electron chi connectivity index (χ4n) is 6.02. The zero-order valence-electron chi connectivity index (χ0n) is 23.9. The average molecular weight is 554 g/mol. The molecule has 1 saturated carbocycles. The van der Waals surface area contributed by atoms with Crippen LogP contribution in [0.25, 0.3) is 0 Å².